The molecule has 1 unspecified atom stereocenters. The van der Waals surface area contributed by atoms with Crippen LogP contribution in [-0.2, 0) is 4.74 Å². The van der Waals surface area contributed by atoms with Gasteiger partial charge in [0.2, 0.25) is 5.95 Å². The van der Waals surface area contributed by atoms with Crippen LogP contribution in [0.3, 0.4) is 0 Å². The molecule has 2 aromatic heterocycles. The van der Waals surface area contributed by atoms with Gasteiger partial charge in [-0.1, -0.05) is 29.8 Å². The molecule has 3 saturated heterocycles. The van der Waals surface area contributed by atoms with Crippen molar-refractivity contribution in [3.8, 4) is 11.3 Å². The minimum Gasteiger partial charge on any atom is -0.444 e. The summed E-state index contributed by atoms with van der Waals surface area (Å²) in [7, 11) is 0. The molecule has 3 aliphatic heterocycles. The first-order valence-electron chi connectivity index (χ1n) is 16.5. The summed E-state index contributed by atoms with van der Waals surface area (Å²) < 4.78 is 5.56. The van der Waals surface area contributed by atoms with Crippen molar-refractivity contribution in [2.24, 2.45) is 11.8 Å². The number of nitrogens with zero attached hydrogens (tertiary/aromatic N) is 5. The van der Waals surface area contributed by atoms with Crippen LogP contribution in [0.15, 0.2) is 36.7 Å². The zero-order valence-corrected chi connectivity index (χ0v) is 27.3. The molecule has 238 valence electrons. The number of H-pyrrole nitrogens is 1. The molecule has 10 heteroatoms. The predicted octanol–water partition coefficient (Wildman–Crippen LogP) is 6.51. The summed E-state index contributed by atoms with van der Waals surface area (Å²) >= 11 is 6.55. The number of aromatic amines is 1. The molecule has 0 aliphatic carbocycles. The van der Waals surface area contributed by atoms with Crippen molar-refractivity contribution in [3.05, 3.63) is 41.7 Å². The molecule has 0 saturated carbocycles. The van der Waals surface area contributed by atoms with Crippen LogP contribution >= 0.6 is 11.6 Å². The molecule has 3 fully saturated rings. The molecule has 5 heterocycles. The van der Waals surface area contributed by atoms with E-state index in [1.165, 1.54) is 38.9 Å². The van der Waals surface area contributed by atoms with Crippen molar-refractivity contribution in [3.63, 3.8) is 0 Å². The quantitative estimate of drug-likeness (QED) is 0.296. The van der Waals surface area contributed by atoms with Gasteiger partial charge in [0.05, 0.1) is 16.9 Å². The highest BCUT2D eigenvalue weighted by molar-refractivity contribution is 6.33. The number of rotatable bonds is 8. The lowest BCUT2D eigenvalue weighted by molar-refractivity contribution is 0.0175. The summed E-state index contributed by atoms with van der Waals surface area (Å²) in [6.07, 6.45) is 10.6. The number of halogens is 1. The number of piperidine rings is 2. The number of benzene rings is 1. The van der Waals surface area contributed by atoms with Crippen molar-refractivity contribution in [1.82, 2.24) is 29.7 Å². The molecule has 1 amide bonds. The van der Waals surface area contributed by atoms with Gasteiger partial charge in [0.1, 0.15) is 5.60 Å². The second-order valence-corrected chi connectivity index (χ2v) is 14.4. The smallest absolute Gasteiger partial charge is 0.410 e. The summed E-state index contributed by atoms with van der Waals surface area (Å²) in [5.41, 5.74) is 2.39. The van der Waals surface area contributed by atoms with E-state index in [1.807, 2.05) is 44.0 Å². The number of hydrogen-bond acceptors (Lipinski definition) is 7. The van der Waals surface area contributed by atoms with Gasteiger partial charge in [-0.15, -0.1) is 0 Å². The van der Waals surface area contributed by atoms with Crippen LogP contribution in [0.25, 0.3) is 22.2 Å². The second kappa shape index (κ2) is 13.6. The van der Waals surface area contributed by atoms with E-state index >= 15 is 0 Å². The molecular weight excluding hydrogens is 574 g/mol. The van der Waals surface area contributed by atoms with Crippen molar-refractivity contribution < 1.29 is 9.53 Å². The van der Waals surface area contributed by atoms with Gasteiger partial charge in [-0.2, -0.15) is 0 Å². The summed E-state index contributed by atoms with van der Waals surface area (Å²) in [5, 5.41) is 5.26. The number of aromatic nitrogens is 3. The summed E-state index contributed by atoms with van der Waals surface area (Å²) in [6.45, 7) is 14.3. The fourth-order valence-electron chi connectivity index (χ4n) is 7.16. The Bertz CT molecular complexity index is 1410. The van der Waals surface area contributed by atoms with Crippen LogP contribution < -0.4 is 5.32 Å². The highest BCUT2D eigenvalue weighted by Gasteiger charge is 2.30. The largest absolute Gasteiger partial charge is 0.444 e. The minimum atomic E-state index is -0.431. The van der Waals surface area contributed by atoms with E-state index < -0.39 is 5.60 Å². The maximum Gasteiger partial charge on any atom is 0.410 e. The first-order chi connectivity index (χ1) is 21.2. The Kier molecular flexibility index (Phi) is 9.64. The molecule has 0 bridgehead atoms. The lowest BCUT2D eigenvalue weighted by atomic mass is 9.92. The lowest BCUT2D eigenvalue weighted by Gasteiger charge is -2.37. The molecule has 3 aromatic rings. The maximum atomic E-state index is 12.4. The number of nitrogens with one attached hydrogen (secondary N) is 2. The molecule has 9 nitrogen and oxygen atoms in total. The fraction of sp³-hybridized carbons (Fsp3) is 0.618. The van der Waals surface area contributed by atoms with E-state index in [0.717, 1.165) is 80.1 Å². The summed E-state index contributed by atoms with van der Waals surface area (Å²) in [5.74, 6) is 2.06. The van der Waals surface area contributed by atoms with Gasteiger partial charge < -0.3 is 29.7 Å². The highest BCUT2D eigenvalue weighted by atomic mass is 35.5. The number of para-hydroxylation sites is 1. The van der Waals surface area contributed by atoms with Crippen LogP contribution in [0.1, 0.15) is 59.3 Å². The van der Waals surface area contributed by atoms with Gasteiger partial charge in [-0.3, -0.25) is 0 Å². The predicted molar refractivity (Wildman–Crippen MR) is 177 cm³/mol. The average Bonchev–Trinajstić information content (AvgIpc) is 3.63. The number of amides is 1. The Morgan fingerprint density at radius 2 is 1.86 bits per heavy atom. The number of hydrogen-bond donors (Lipinski definition) is 2. The van der Waals surface area contributed by atoms with Gasteiger partial charge in [-0.05, 0) is 90.3 Å². The number of ether oxygens (including phenoxy) is 1. The molecule has 0 radical (unpaired) electrons. The zero-order chi connectivity index (χ0) is 30.7. The van der Waals surface area contributed by atoms with Crippen LogP contribution in [-0.4, -0.2) is 99.7 Å². The maximum absolute atomic E-state index is 12.4. The van der Waals surface area contributed by atoms with Crippen molar-refractivity contribution >= 4 is 34.5 Å². The van der Waals surface area contributed by atoms with Gasteiger partial charge >= 0.3 is 6.09 Å². The third-order valence-corrected chi connectivity index (χ3v) is 9.71. The third-order valence-electron chi connectivity index (χ3n) is 9.43. The Balaban J connectivity index is 0.941. The second-order valence-electron chi connectivity index (χ2n) is 14.0. The lowest BCUT2D eigenvalue weighted by Crippen LogP contribution is -2.43. The molecule has 0 spiro atoms. The van der Waals surface area contributed by atoms with Gasteiger partial charge in [0.25, 0.3) is 0 Å². The van der Waals surface area contributed by atoms with E-state index in [4.69, 9.17) is 21.3 Å². The zero-order valence-electron chi connectivity index (χ0n) is 26.5. The topological polar surface area (TPSA) is 89.6 Å². The number of likely N-dealkylation sites (tertiary alicyclic amines) is 3. The Morgan fingerprint density at radius 1 is 1.05 bits per heavy atom. The van der Waals surface area contributed by atoms with Crippen molar-refractivity contribution in [2.75, 3.05) is 57.7 Å². The fourth-order valence-corrected chi connectivity index (χ4v) is 7.35. The van der Waals surface area contributed by atoms with Crippen LogP contribution in [0.4, 0.5) is 10.7 Å². The van der Waals surface area contributed by atoms with E-state index in [1.54, 1.807) is 6.20 Å². The van der Waals surface area contributed by atoms with Gasteiger partial charge in [0.15, 0.2) is 0 Å². The van der Waals surface area contributed by atoms with Gasteiger partial charge in [0, 0.05) is 68.0 Å². The molecular formula is C34H48ClN7O2. The Hall–Kier alpha value is -2.88. The Labute approximate surface area is 266 Å². The first-order valence-corrected chi connectivity index (χ1v) is 16.9. The standard InChI is InChI=1S/C34H48ClN7O2/c1-34(2,3)44-33(43)42-17-11-24(12-18-42)10-15-40-14-6-7-25(21-40)22-41-16-13-26(23-41)38-32-37-20-29(35)31(39-32)28-19-36-30-9-5-4-8-27(28)30/h4-5,8-9,19-20,24-26,36H,6-7,10-18,21-23H2,1-3H3,(H,37,38,39)/t25?,26-/m1/s1. The number of fused-ring (bicyclic) bond motifs is 1. The first kappa shape index (κ1) is 31.1. The monoisotopic (exact) mass is 621 g/mol. The summed E-state index contributed by atoms with van der Waals surface area (Å²) in [6, 6.07) is 8.54. The van der Waals surface area contributed by atoms with E-state index in [0.29, 0.717) is 22.9 Å². The molecule has 6 rings (SSSR count). The van der Waals surface area contributed by atoms with Crippen LogP contribution in [0.2, 0.25) is 5.02 Å². The van der Waals surface area contributed by atoms with Crippen molar-refractivity contribution in [2.45, 2.75) is 70.9 Å². The molecule has 2 atom stereocenters. The van der Waals surface area contributed by atoms with Crippen molar-refractivity contribution in [1.29, 1.82) is 0 Å². The van der Waals surface area contributed by atoms with E-state index in [-0.39, 0.29) is 6.09 Å². The SMILES string of the molecule is CC(C)(C)OC(=O)N1CCC(CCN2CCCC(CN3CC[C@@H](Nc4ncc(Cl)c(-c5c[nH]c6ccccc56)n4)C3)C2)CC1. The summed E-state index contributed by atoms with van der Waals surface area (Å²) in [4.78, 5) is 32.3. The Morgan fingerprint density at radius 3 is 2.68 bits per heavy atom. The van der Waals surface area contributed by atoms with Crippen LogP contribution in [0.5, 0.6) is 0 Å². The third kappa shape index (κ3) is 7.85. The number of anilines is 1. The number of carbonyl (C=O) groups excluding carboxylic acids is 1. The van der Waals surface area contributed by atoms with E-state index in [2.05, 4.69) is 37.2 Å². The van der Waals surface area contributed by atoms with E-state index in [9.17, 15) is 4.79 Å². The minimum absolute atomic E-state index is 0.162. The molecule has 3 aliphatic rings. The molecule has 44 heavy (non-hydrogen) atoms. The molecule has 1 aromatic carbocycles. The normalized spacial score (nSPS) is 22.5. The highest BCUT2D eigenvalue weighted by Crippen LogP contribution is 2.33. The average molecular weight is 622 g/mol. The van der Waals surface area contributed by atoms with Gasteiger partial charge in [-0.25, -0.2) is 14.8 Å². The molecule has 2 N–H and O–H groups in total. The number of carbonyl (C=O) groups is 1. The van der Waals surface area contributed by atoms with Crippen LogP contribution in [0, 0.1) is 11.8 Å².